The van der Waals surface area contributed by atoms with E-state index in [1.54, 1.807) is 0 Å². The molecule has 0 spiro atoms. The first-order chi connectivity index (χ1) is 8.84. The molecular weight excluding hydrogens is 228 g/mol. The number of nitrogens with zero attached hydrogens (tertiary/aromatic N) is 2. The van der Waals surface area contributed by atoms with Crippen molar-refractivity contribution < 1.29 is 4.74 Å². The van der Waals surface area contributed by atoms with Crippen molar-refractivity contribution in [2.75, 3.05) is 6.61 Å². The fraction of sp³-hybridized carbons (Fsp3) is 0.385. The molecule has 1 unspecified atom stereocenters. The van der Waals surface area contributed by atoms with Crippen LogP contribution in [0.25, 0.3) is 10.9 Å². The van der Waals surface area contributed by atoms with Crippen LogP contribution in [0, 0.1) is 0 Å². The van der Waals surface area contributed by atoms with Crippen LogP contribution in [-0.2, 0) is 4.74 Å². The van der Waals surface area contributed by atoms with Gasteiger partial charge < -0.3 is 10.5 Å². The number of rotatable bonds is 2. The van der Waals surface area contributed by atoms with Gasteiger partial charge in [0.25, 0.3) is 0 Å². The summed E-state index contributed by atoms with van der Waals surface area (Å²) in [5.41, 5.74) is 7.70. The Morgan fingerprint density at radius 2 is 2.28 bits per heavy atom. The number of nitrogens with one attached hydrogen (secondary N) is 1. The smallest absolute Gasteiger partial charge is 0.150 e. The van der Waals surface area contributed by atoms with E-state index in [4.69, 9.17) is 10.5 Å². The topological polar surface area (TPSA) is 76.3 Å². The second-order valence-corrected chi connectivity index (χ2v) is 4.45. The Kier molecular flexibility index (Phi) is 2.98. The first-order valence-electron chi connectivity index (χ1n) is 6.23. The molecule has 1 aromatic carbocycles. The summed E-state index contributed by atoms with van der Waals surface area (Å²) in [5, 5.41) is 8.17. The van der Waals surface area contributed by atoms with Crippen molar-refractivity contribution in [3.8, 4) is 0 Å². The monoisotopic (exact) mass is 244 g/mol. The van der Waals surface area contributed by atoms with E-state index < -0.39 is 0 Å². The molecule has 18 heavy (non-hydrogen) atoms. The number of H-pyrrole nitrogens is 1. The average molecular weight is 244 g/mol. The molecule has 0 bridgehead atoms. The summed E-state index contributed by atoms with van der Waals surface area (Å²) in [6.07, 6.45) is 3.07. The Morgan fingerprint density at radius 1 is 1.39 bits per heavy atom. The molecule has 1 aliphatic rings. The van der Waals surface area contributed by atoms with Gasteiger partial charge in [-0.3, -0.25) is 5.10 Å². The molecule has 2 aromatic rings. The van der Waals surface area contributed by atoms with E-state index in [0.29, 0.717) is 11.5 Å². The highest BCUT2D eigenvalue weighted by Gasteiger charge is 2.15. The number of aromatic nitrogens is 2. The molecule has 1 aromatic heterocycles. The summed E-state index contributed by atoms with van der Waals surface area (Å²) < 4.78 is 5.55. The lowest BCUT2D eigenvalue weighted by Crippen LogP contribution is -2.23. The molecule has 0 saturated carbocycles. The predicted octanol–water partition coefficient (Wildman–Crippen LogP) is 1.79. The summed E-state index contributed by atoms with van der Waals surface area (Å²) in [4.78, 5) is 4.42. The molecular formula is C13H16N4O. The Morgan fingerprint density at radius 3 is 3.11 bits per heavy atom. The minimum absolute atomic E-state index is 0.116. The lowest BCUT2D eigenvalue weighted by atomic mass is 10.2. The number of fused-ring (bicyclic) bond motifs is 1. The van der Waals surface area contributed by atoms with Crippen molar-refractivity contribution in [3.05, 3.63) is 30.0 Å². The second-order valence-electron chi connectivity index (χ2n) is 4.45. The summed E-state index contributed by atoms with van der Waals surface area (Å²) >= 11 is 0. The van der Waals surface area contributed by atoms with E-state index in [1.165, 1.54) is 0 Å². The van der Waals surface area contributed by atoms with Crippen LogP contribution < -0.4 is 5.73 Å². The van der Waals surface area contributed by atoms with Crippen LogP contribution in [0.3, 0.4) is 0 Å². The Hall–Kier alpha value is -1.88. The molecule has 3 rings (SSSR count). The first kappa shape index (κ1) is 11.2. The molecule has 1 saturated heterocycles. The van der Waals surface area contributed by atoms with Crippen LogP contribution in [0.4, 0.5) is 0 Å². The van der Waals surface area contributed by atoms with E-state index in [0.717, 1.165) is 36.8 Å². The number of amidine groups is 1. The molecule has 0 amide bonds. The Bertz CT molecular complexity index is 569. The summed E-state index contributed by atoms with van der Waals surface area (Å²) in [5.74, 6) is 0.444. The normalized spacial score (nSPS) is 21.3. The van der Waals surface area contributed by atoms with Gasteiger partial charge in [-0.05, 0) is 25.3 Å². The van der Waals surface area contributed by atoms with Gasteiger partial charge in [0.2, 0.25) is 0 Å². The average Bonchev–Trinajstić information content (AvgIpc) is 2.84. The molecule has 5 nitrogen and oxygen atoms in total. The number of benzene rings is 1. The molecule has 5 heteroatoms. The molecule has 2 heterocycles. The fourth-order valence-corrected chi connectivity index (χ4v) is 2.20. The zero-order valence-electron chi connectivity index (χ0n) is 10.1. The van der Waals surface area contributed by atoms with Gasteiger partial charge in [-0.1, -0.05) is 18.2 Å². The highest BCUT2D eigenvalue weighted by atomic mass is 16.5. The van der Waals surface area contributed by atoms with Gasteiger partial charge in [0.1, 0.15) is 11.5 Å². The maximum Gasteiger partial charge on any atom is 0.150 e. The van der Waals surface area contributed by atoms with Crippen molar-refractivity contribution in [2.24, 2.45) is 10.7 Å². The maximum absolute atomic E-state index is 6.02. The Labute approximate surface area is 105 Å². The van der Waals surface area contributed by atoms with Crippen LogP contribution in [0.2, 0.25) is 0 Å². The number of aromatic amines is 1. The van der Waals surface area contributed by atoms with Gasteiger partial charge in [-0.25, -0.2) is 4.99 Å². The van der Waals surface area contributed by atoms with Crippen molar-refractivity contribution in [2.45, 2.75) is 25.5 Å². The maximum atomic E-state index is 6.02. The number of hydrogen-bond acceptors (Lipinski definition) is 3. The molecule has 1 fully saturated rings. The standard InChI is InChI=1S/C13H16N4O/c14-13(15-11-7-3-4-8-18-11)12-9-5-1-2-6-10(9)16-17-12/h1-2,5-6,11H,3-4,7-8H2,(H2,14,15)(H,16,17). The van der Waals surface area contributed by atoms with E-state index in [1.807, 2.05) is 24.3 Å². The van der Waals surface area contributed by atoms with E-state index in [-0.39, 0.29) is 6.23 Å². The highest BCUT2D eigenvalue weighted by molar-refractivity contribution is 6.06. The Balaban J connectivity index is 1.91. The van der Waals surface area contributed by atoms with Crippen molar-refractivity contribution in [3.63, 3.8) is 0 Å². The molecule has 0 radical (unpaired) electrons. The second kappa shape index (κ2) is 4.78. The van der Waals surface area contributed by atoms with E-state index in [9.17, 15) is 0 Å². The summed E-state index contributed by atoms with van der Waals surface area (Å²) in [7, 11) is 0. The number of aliphatic imine (C=N–C) groups is 1. The van der Waals surface area contributed by atoms with Crippen LogP contribution in [0.15, 0.2) is 29.3 Å². The number of nitrogens with two attached hydrogens (primary N) is 1. The van der Waals surface area contributed by atoms with Gasteiger partial charge in [-0.2, -0.15) is 5.10 Å². The van der Waals surface area contributed by atoms with Gasteiger partial charge in [0.15, 0.2) is 6.23 Å². The highest BCUT2D eigenvalue weighted by Crippen LogP contribution is 2.17. The molecule has 0 aliphatic carbocycles. The van der Waals surface area contributed by atoms with Crippen LogP contribution in [-0.4, -0.2) is 28.9 Å². The van der Waals surface area contributed by atoms with E-state index in [2.05, 4.69) is 15.2 Å². The molecule has 94 valence electrons. The lowest BCUT2D eigenvalue weighted by molar-refractivity contribution is 0.0223. The number of hydrogen-bond donors (Lipinski definition) is 2. The lowest BCUT2D eigenvalue weighted by Gasteiger charge is -2.19. The first-order valence-corrected chi connectivity index (χ1v) is 6.23. The largest absolute Gasteiger partial charge is 0.382 e. The quantitative estimate of drug-likeness (QED) is 0.624. The van der Waals surface area contributed by atoms with Crippen molar-refractivity contribution >= 4 is 16.7 Å². The van der Waals surface area contributed by atoms with Crippen molar-refractivity contribution in [1.29, 1.82) is 0 Å². The summed E-state index contributed by atoms with van der Waals surface area (Å²) in [6, 6.07) is 7.88. The summed E-state index contributed by atoms with van der Waals surface area (Å²) in [6.45, 7) is 0.767. The fourth-order valence-electron chi connectivity index (χ4n) is 2.20. The van der Waals surface area contributed by atoms with E-state index >= 15 is 0 Å². The zero-order chi connectivity index (χ0) is 12.4. The van der Waals surface area contributed by atoms with Crippen molar-refractivity contribution in [1.82, 2.24) is 10.2 Å². The minimum Gasteiger partial charge on any atom is -0.382 e. The number of ether oxygens (including phenoxy) is 1. The van der Waals surface area contributed by atoms with Gasteiger partial charge in [0, 0.05) is 12.0 Å². The predicted molar refractivity (Wildman–Crippen MR) is 70.4 cm³/mol. The third kappa shape index (κ3) is 2.09. The van der Waals surface area contributed by atoms with Crippen LogP contribution in [0.5, 0.6) is 0 Å². The van der Waals surface area contributed by atoms with Gasteiger partial charge in [0.05, 0.1) is 5.52 Å². The molecule has 1 atom stereocenters. The van der Waals surface area contributed by atoms with Crippen LogP contribution in [0.1, 0.15) is 25.0 Å². The third-order valence-electron chi connectivity index (χ3n) is 3.15. The van der Waals surface area contributed by atoms with Gasteiger partial charge in [-0.15, -0.1) is 0 Å². The third-order valence-corrected chi connectivity index (χ3v) is 3.15. The number of para-hydroxylation sites is 1. The van der Waals surface area contributed by atoms with Crippen LogP contribution >= 0.6 is 0 Å². The minimum atomic E-state index is -0.116. The molecule has 3 N–H and O–H groups in total. The SMILES string of the molecule is NC(=NC1CCCCO1)c1n[nH]c2ccccc12. The molecule has 1 aliphatic heterocycles. The zero-order valence-corrected chi connectivity index (χ0v) is 10.1. The van der Waals surface area contributed by atoms with Gasteiger partial charge >= 0.3 is 0 Å².